The molecular weight excluding hydrogens is 228 g/mol. The van der Waals surface area contributed by atoms with E-state index in [9.17, 15) is 4.79 Å². The van der Waals surface area contributed by atoms with Crippen molar-refractivity contribution in [1.29, 1.82) is 0 Å². The molecule has 4 heteroatoms. The van der Waals surface area contributed by atoms with Crippen LogP contribution in [0.1, 0.15) is 28.4 Å². The van der Waals surface area contributed by atoms with Gasteiger partial charge in [0, 0.05) is 0 Å². The molecule has 0 spiro atoms. The third kappa shape index (κ3) is 2.30. The predicted octanol–water partition coefficient (Wildman–Crippen LogP) is 3.14. The summed E-state index contributed by atoms with van der Waals surface area (Å²) in [5, 5.41) is 0.436. The number of hydrogen-bond donors (Lipinski definition) is 0. The number of hydrogen-bond acceptors (Lipinski definition) is 3. The van der Waals surface area contributed by atoms with Gasteiger partial charge in [0.05, 0.1) is 18.7 Å². The highest BCUT2D eigenvalue weighted by molar-refractivity contribution is 6.32. The van der Waals surface area contributed by atoms with E-state index in [0.717, 1.165) is 11.1 Å². The Hall–Kier alpha value is -1.22. The summed E-state index contributed by atoms with van der Waals surface area (Å²) in [6.45, 7) is 6.03. The molecule has 16 heavy (non-hydrogen) atoms. The van der Waals surface area contributed by atoms with Crippen molar-refractivity contribution in [3.8, 4) is 5.75 Å². The largest absolute Gasteiger partial charge is 0.491 e. The van der Waals surface area contributed by atoms with E-state index in [1.54, 1.807) is 6.07 Å². The molecule has 0 fully saturated rings. The molecule has 0 N–H and O–H groups in total. The lowest BCUT2D eigenvalue weighted by molar-refractivity contribution is 0.0595. The molecular formula is C12H15ClO3. The van der Waals surface area contributed by atoms with E-state index < -0.39 is 5.97 Å². The van der Waals surface area contributed by atoms with E-state index in [-0.39, 0.29) is 0 Å². The minimum atomic E-state index is -0.424. The quantitative estimate of drug-likeness (QED) is 0.764. The number of ether oxygens (including phenoxy) is 2. The van der Waals surface area contributed by atoms with Crippen molar-refractivity contribution in [2.24, 2.45) is 0 Å². The van der Waals surface area contributed by atoms with Crippen molar-refractivity contribution in [2.75, 3.05) is 13.7 Å². The van der Waals surface area contributed by atoms with Crippen LogP contribution in [-0.2, 0) is 4.74 Å². The lowest BCUT2D eigenvalue weighted by atomic mass is 10.0. The molecule has 0 aromatic heterocycles. The summed E-state index contributed by atoms with van der Waals surface area (Å²) in [6, 6.07) is 1.79. The molecule has 0 saturated heterocycles. The smallest absolute Gasteiger partial charge is 0.341 e. The summed E-state index contributed by atoms with van der Waals surface area (Å²) in [4.78, 5) is 11.7. The fourth-order valence-corrected chi connectivity index (χ4v) is 1.80. The molecule has 0 aliphatic rings. The predicted molar refractivity (Wildman–Crippen MR) is 63.4 cm³/mol. The molecule has 88 valence electrons. The van der Waals surface area contributed by atoms with Gasteiger partial charge in [-0.05, 0) is 38.0 Å². The standard InChI is InChI=1S/C12H15ClO3/c1-5-16-11-9(13)6-7(2)8(3)10(11)12(14)15-4/h6H,5H2,1-4H3. The second-order valence-corrected chi connectivity index (χ2v) is 3.84. The number of rotatable bonds is 3. The lowest BCUT2D eigenvalue weighted by Gasteiger charge is -2.14. The maximum atomic E-state index is 11.7. The molecule has 0 unspecified atom stereocenters. The summed E-state index contributed by atoms with van der Waals surface area (Å²) in [5.74, 6) is -0.0225. The molecule has 0 heterocycles. The van der Waals surface area contributed by atoms with Crippen LogP contribution in [0.25, 0.3) is 0 Å². The topological polar surface area (TPSA) is 35.5 Å². The molecule has 0 atom stereocenters. The summed E-state index contributed by atoms with van der Waals surface area (Å²) >= 11 is 6.05. The Balaban J connectivity index is 3.44. The first-order chi connectivity index (χ1) is 7.52. The van der Waals surface area contributed by atoms with E-state index in [1.165, 1.54) is 7.11 Å². The molecule has 0 radical (unpaired) electrons. The Morgan fingerprint density at radius 1 is 1.44 bits per heavy atom. The Morgan fingerprint density at radius 3 is 2.56 bits per heavy atom. The van der Waals surface area contributed by atoms with Gasteiger partial charge in [-0.2, -0.15) is 0 Å². The zero-order valence-electron chi connectivity index (χ0n) is 9.89. The average molecular weight is 243 g/mol. The van der Waals surface area contributed by atoms with Crippen LogP contribution in [-0.4, -0.2) is 19.7 Å². The van der Waals surface area contributed by atoms with Crippen molar-refractivity contribution < 1.29 is 14.3 Å². The highest BCUT2D eigenvalue weighted by Gasteiger charge is 2.20. The first kappa shape index (κ1) is 12.8. The highest BCUT2D eigenvalue weighted by Crippen LogP contribution is 2.34. The normalized spacial score (nSPS) is 10.1. The van der Waals surface area contributed by atoms with Crippen LogP contribution in [0, 0.1) is 13.8 Å². The summed E-state index contributed by atoms with van der Waals surface area (Å²) in [6.07, 6.45) is 0. The number of carbonyl (C=O) groups is 1. The van der Waals surface area contributed by atoms with Gasteiger partial charge >= 0.3 is 5.97 Å². The van der Waals surface area contributed by atoms with E-state index in [0.29, 0.717) is 22.9 Å². The van der Waals surface area contributed by atoms with E-state index in [1.807, 2.05) is 20.8 Å². The van der Waals surface area contributed by atoms with Gasteiger partial charge in [-0.25, -0.2) is 4.79 Å². The fourth-order valence-electron chi connectivity index (χ4n) is 1.48. The van der Waals surface area contributed by atoms with Crippen LogP contribution in [0.5, 0.6) is 5.75 Å². The van der Waals surface area contributed by atoms with Crippen LogP contribution >= 0.6 is 11.6 Å². The highest BCUT2D eigenvalue weighted by atomic mass is 35.5. The average Bonchev–Trinajstić information content (AvgIpc) is 2.25. The van der Waals surface area contributed by atoms with Gasteiger partial charge < -0.3 is 9.47 Å². The molecule has 1 aromatic rings. The van der Waals surface area contributed by atoms with Crippen molar-refractivity contribution >= 4 is 17.6 Å². The number of halogens is 1. The number of esters is 1. The number of methoxy groups -OCH3 is 1. The van der Waals surface area contributed by atoms with Crippen LogP contribution in [0.3, 0.4) is 0 Å². The van der Waals surface area contributed by atoms with Gasteiger partial charge in [-0.1, -0.05) is 11.6 Å². The summed E-state index contributed by atoms with van der Waals surface area (Å²) in [7, 11) is 1.34. The van der Waals surface area contributed by atoms with Crippen LogP contribution < -0.4 is 4.74 Å². The first-order valence-corrected chi connectivity index (χ1v) is 5.41. The Morgan fingerprint density at radius 2 is 2.06 bits per heavy atom. The van der Waals surface area contributed by atoms with Crippen molar-refractivity contribution in [1.82, 2.24) is 0 Å². The molecule has 0 aliphatic heterocycles. The molecule has 1 rings (SSSR count). The zero-order chi connectivity index (χ0) is 12.3. The fraction of sp³-hybridized carbons (Fsp3) is 0.417. The van der Waals surface area contributed by atoms with Gasteiger partial charge in [0.1, 0.15) is 5.56 Å². The van der Waals surface area contributed by atoms with Crippen LogP contribution in [0.2, 0.25) is 5.02 Å². The monoisotopic (exact) mass is 242 g/mol. The minimum absolute atomic E-state index is 0.402. The third-order valence-electron chi connectivity index (χ3n) is 2.43. The number of carbonyl (C=O) groups excluding carboxylic acids is 1. The van der Waals surface area contributed by atoms with Gasteiger partial charge in [0.2, 0.25) is 0 Å². The van der Waals surface area contributed by atoms with E-state index in [2.05, 4.69) is 0 Å². The molecule has 0 bridgehead atoms. The van der Waals surface area contributed by atoms with Crippen molar-refractivity contribution in [2.45, 2.75) is 20.8 Å². The Kier molecular flexibility index (Phi) is 4.19. The Bertz CT molecular complexity index is 413. The summed E-state index contributed by atoms with van der Waals surface area (Å²) in [5.41, 5.74) is 2.18. The SMILES string of the molecule is CCOc1c(Cl)cc(C)c(C)c1C(=O)OC. The first-order valence-electron chi connectivity index (χ1n) is 5.03. The van der Waals surface area contributed by atoms with Crippen molar-refractivity contribution in [3.05, 3.63) is 27.8 Å². The minimum Gasteiger partial charge on any atom is -0.491 e. The maximum Gasteiger partial charge on any atom is 0.341 e. The van der Waals surface area contributed by atoms with Gasteiger partial charge in [-0.3, -0.25) is 0 Å². The van der Waals surface area contributed by atoms with Gasteiger partial charge in [0.25, 0.3) is 0 Å². The summed E-state index contributed by atoms with van der Waals surface area (Å²) < 4.78 is 10.1. The number of aryl methyl sites for hydroxylation is 1. The third-order valence-corrected chi connectivity index (χ3v) is 2.71. The molecule has 0 saturated carbocycles. The second kappa shape index (κ2) is 5.21. The van der Waals surface area contributed by atoms with E-state index >= 15 is 0 Å². The van der Waals surface area contributed by atoms with Crippen molar-refractivity contribution in [3.63, 3.8) is 0 Å². The maximum absolute atomic E-state index is 11.7. The second-order valence-electron chi connectivity index (χ2n) is 3.43. The Labute approximate surface area is 100 Å². The van der Waals surface area contributed by atoms with Gasteiger partial charge in [-0.15, -0.1) is 0 Å². The number of benzene rings is 1. The van der Waals surface area contributed by atoms with Crippen LogP contribution in [0.15, 0.2) is 6.07 Å². The van der Waals surface area contributed by atoms with Crippen LogP contribution in [0.4, 0.5) is 0 Å². The molecule has 1 aromatic carbocycles. The van der Waals surface area contributed by atoms with E-state index in [4.69, 9.17) is 21.1 Å². The lowest BCUT2D eigenvalue weighted by Crippen LogP contribution is -2.09. The zero-order valence-corrected chi connectivity index (χ0v) is 10.6. The molecule has 3 nitrogen and oxygen atoms in total. The molecule has 0 amide bonds. The van der Waals surface area contributed by atoms with Gasteiger partial charge in [0.15, 0.2) is 5.75 Å². The molecule has 0 aliphatic carbocycles.